The van der Waals surface area contributed by atoms with Gasteiger partial charge in [-0.2, -0.15) is 0 Å². The Hall–Kier alpha value is -4.28. The molecule has 0 aliphatic heterocycles. The zero-order valence-electron chi connectivity index (χ0n) is 29.2. The molecule has 0 spiro atoms. The molecule has 0 aliphatic rings. The highest BCUT2D eigenvalue weighted by Gasteiger charge is 2.35. The number of amides is 3. The number of phenols is 2. The van der Waals surface area contributed by atoms with Crippen molar-refractivity contribution in [2.24, 2.45) is 0 Å². The molecule has 3 atom stereocenters. The molecule has 0 fully saturated rings. The predicted molar refractivity (Wildman–Crippen MR) is 176 cm³/mol. The first kappa shape index (κ1) is 37.9. The molecule has 2 aromatic rings. The van der Waals surface area contributed by atoms with E-state index in [0.717, 1.165) is 4.90 Å². The van der Waals surface area contributed by atoms with Gasteiger partial charge in [0.15, 0.2) is 0 Å². The van der Waals surface area contributed by atoms with Crippen molar-refractivity contribution in [1.29, 1.82) is 0 Å². The lowest BCUT2D eigenvalue weighted by Crippen LogP contribution is -2.53. The first-order valence-electron chi connectivity index (χ1n) is 15.3. The molecule has 0 heterocycles. The number of phenolic OH excluding ortho intramolecular Hbond substituents is 2. The minimum atomic E-state index is -1.23. The average Bonchev–Trinajstić information content (AvgIpc) is 2.91. The Morgan fingerprint density at radius 1 is 0.804 bits per heavy atom. The van der Waals surface area contributed by atoms with E-state index in [1.165, 1.54) is 33.2 Å². The summed E-state index contributed by atoms with van der Waals surface area (Å²) in [6, 6.07) is 6.21. The van der Waals surface area contributed by atoms with Gasteiger partial charge in [0.1, 0.15) is 35.2 Å². The number of hydrogen-bond acceptors (Lipinski definition) is 8. The van der Waals surface area contributed by atoms with Crippen molar-refractivity contribution in [3.05, 3.63) is 58.7 Å². The number of ether oxygens (including phenoxy) is 2. The van der Waals surface area contributed by atoms with Crippen LogP contribution in [0, 0.1) is 0 Å². The van der Waals surface area contributed by atoms with E-state index in [1.807, 2.05) is 41.5 Å². The van der Waals surface area contributed by atoms with Crippen LogP contribution in [0.3, 0.4) is 0 Å². The monoisotopic (exact) mass is 641 g/mol. The fourth-order valence-corrected chi connectivity index (χ4v) is 4.85. The molecule has 2 unspecified atom stereocenters. The van der Waals surface area contributed by atoms with Crippen molar-refractivity contribution in [3.63, 3.8) is 0 Å². The molecule has 46 heavy (non-hydrogen) atoms. The second kappa shape index (κ2) is 14.4. The van der Waals surface area contributed by atoms with Gasteiger partial charge in [-0.25, -0.2) is 9.59 Å². The maximum Gasteiger partial charge on any atom is 0.410 e. The molecule has 2 rings (SSSR count). The molecule has 4 N–H and O–H groups in total. The molecule has 0 radical (unpaired) electrons. The minimum Gasteiger partial charge on any atom is -0.508 e. The zero-order valence-corrected chi connectivity index (χ0v) is 29.2. The lowest BCUT2D eigenvalue weighted by atomic mass is 9.84. The quantitative estimate of drug-likeness (QED) is 0.279. The Kier molecular flexibility index (Phi) is 11.9. The van der Waals surface area contributed by atoms with Crippen LogP contribution in [0.1, 0.15) is 97.5 Å². The number of likely N-dealkylation sites (N-methyl/N-ethyl adjacent to an activating group) is 1. The number of carbonyl (C=O) groups is 4. The van der Waals surface area contributed by atoms with Crippen molar-refractivity contribution >= 4 is 23.9 Å². The van der Waals surface area contributed by atoms with Gasteiger partial charge < -0.3 is 30.3 Å². The summed E-state index contributed by atoms with van der Waals surface area (Å²) in [5.74, 6) is -1.85. The van der Waals surface area contributed by atoms with Crippen molar-refractivity contribution in [1.82, 2.24) is 15.5 Å². The van der Waals surface area contributed by atoms with Crippen LogP contribution in [0.5, 0.6) is 11.5 Å². The lowest BCUT2D eigenvalue weighted by Gasteiger charge is -2.32. The van der Waals surface area contributed by atoms with E-state index in [4.69, 9.17) is 9.47 Å². The second-order valence-corrected chi connectivity index (χ2v) is 14.6. The SMILES string of the molecule is COC(=O)C(Cc1ccc(O)c(C(C)(C)C)c1)NC(=O)[C@H](C)NC(=O)C(c1ccc(O)c(C(C)(C)C)c1)N(C)C(=O)OC(C)(C)C. The average molecular weight is 642 g/mol. The summed E-state index contributed by atoms with van der Waals surface area (Å²) >= 11 is 0. The highest BCUT2D eigenvalue weighted by molar-refractivity contribution is 5.93. The predicted octanol–water partition coefficient (Wildman–Crippen LogP) is 5.01. The van der Waals surface area contributed by atoms with Gasteiger partial charge in [0.2, 0.25) is 11.8 Å². The van der Waals surface area contributed by atoms with Gasteiger partial charge in [-0.3, -0.25) is 14.5 Å². The van der Waals surface area contributed by atoms with E-state index in [0.29, 0.717) is 22.3 Å². The molecule has 254 valence electrons. The first-order valence-corrected chi connectivity index (χ1v) is 15.3. The number of nitrogens with one attached hydrogen (secondary N) is 2. The third kappa shape index (κ3) is 10.1. The van der Waals surface area contributed by atoms with E-state index in [1.54, 1.807) is 45.0 Å². The lowest BCUT2D eigenvalue weighted by molar-refractivity contribution is -0.145. The maximum absolute atomic E-state index is 13.8. The van der Waals surface area contributed by atoms with E-state index < -0.39 is 53.0 Å². The largest absolute Gasteiger partial charge is 0.508 e. The molecule has 11 heteroatoms. The molecule has 0 aromatic heterocycles. The summed E-state index contributed by atoms with van der Waals surface area (Å²) in [6.07, 6.45) is -0.681. The van der Waals surface area contributed by atoms with Crippen molar-refractivity contribution in [2.75, 3.05) is 14.2 Å². The van der Waals surface area contributed by atoms with Gasteiger partial charge in [0.25, 0.3) is 0 Å². The van der Waals surface area contributed by atoms with E-state index in [9.17, 15) is 29.4 Å². The fraction of sp³-hybridized carbons (Fsp3) is 0.543. The zero-order chi connectivity index (χ0) is 35.4. The summed E-state index contributed by atoms with van der Waals surface area (Å²) in [4.78, 5) is 54.1. The number of nitrogens with zero attached hydrogens (tertiary/aromatic N) is 1. The first-order chi connectivity index (χ1) is 21.0. The highest BCUT2D eigenvalue weighted by atomic mass is 16.6. The molecule has 0 saturated carbocycles. The van der Waals surface area contributed by atoms with E-state index in [2.05, 4.69) is 10.6 Å². The van der Waals surface area contributed by atoms with E-state index >= 15 is 0 Å². The van der Waals surface area contributed by atoms with Crippen LogP contribution >= 0.6 is 0 Å². The van der Waals surface area contributed by atoms with Crippen LogP contribution in [-0.2, 0) is 41.1 Å². The molecule has 0 saturated heterocycles. The van der Waals surface area contributed by atoms with Crippen molar-refractivity contribution in [3.8, 4) is 11.5 Å². The topological polar surface area (TPSA) is 154 Å². The molecular formula is C35H51N3O8. The number of aromatic hydroxyl groups is 2. The Bertz CT molecular complexity index is 1430. The Labute approximate surface area is 272 Å². The van der Waals surface area contributed by atoms with Gasteiger partial charge in [-0.15, -0.1) is 0 Å². The van der Waals surface area contributed by atoms with Crippen LogP contribution in [0.4, 0.5) is 4.79 Å². The van der Waals surface area contributed by atoms with Crippen molar-refractivity contribution < 1.29 is 38.9 Å². The maximum atomic E-state index is 13.8. The van der Waals surface area contributed by atoms with Gasteiger partial charge in [0.05, 0.1) is 7.11 Å². The Morgan fingerprint density at radius 3 is 1.83 bits per heavy atom. The molecule has 0 bridgehead atoms. The van der Waals surface area contributed by atoms with Gasteiger partial charge in [-0.1, -0.05) is 59.7 Å². The molecule has 3 amide bonds. The molecular weight excluding hydrogens is 590 g/mol. The van der Waals surface area contributed by atoms with Crippen LogP contribution in [0.15, 0.2) is 36.4 Å². The summed E-state index contributed by atoms with van der Waals surface area (Å²) in [6.45, 7) is 18.2. The fourth-order valence-electron chi connectivity index (χ4n) is 4.85. The third-order valence-electron chi connectivity index (χ3n) is 7.32. The van der Waals surface area contributed by atoms with Crippen molar-refractivity contribution in [2.45, 2.75) is 110 Å². The summed E-state index contributed by atoms with van der Waals surface area (Å²) < 4.78 is 10.5. The normalized spacial score (nSPS) is 14.0. The minimum absolute atomic E-state index is 0.0418. The standard InChI is InChI=1S/C35H51N3O8/c1-20(29(41)37-25(31(43)45-12)18-21-13-15-26(39)23(17-21)33(2,3)4)36-30(42)28(38(11)32(44)46-35(8,9)10)22-14-16-27(40)24(19-22)34(5,6)7/h13-17,19-20,25,28,39-40H,18H2,1-12H3,(H,36,42)(H,37,41)/t20-,25?,28?/m0/s1. The summed E-state index contributed by atoms with van der Waals surface area (Å²) in [7, 11) is 2.63. The molecule has 0 aliphatic carbocycles. The number of hydrogen-bond donors (Lipinski definition) is 4. The second-order valence-electron chi connectivity index (χ2n) is 14.6. The highest BCUT2D eigenvalue weighted by Crippen LogP contribution is 2.35. The number of esters is 1. The van der Waals surface area contributed by atoms with Crippen LogP contribution in [0.25, 0.3) is 0 Å². The van der Waals surface area contributed by atoms with Gasteiger partial charge in [-0.05, 0) is 79.0 Å². The number of methoxy groups -OCH3 is 1. The van der Waals surface area contributed by atoms with Gasteiger partial charge >= 0.3 is 12.1 Å². The molecule has 11 nitrogen and oxygen atoms in total. The van der Waals surface area contributed by atoms with Crippen LogP contribution < -0.4 is 10.6 Å². The number of benzene rings is 2. The van der Waals surface area contributed by atoms with Gasteiger partial charge in [0, 0.05) is 13.5 Å². The van der Waals surface area contributed by atoms with E-state index in [-0.39, 0.29) is 23.3 Å². The Morgan fingerprint density at radius 2 is 1.33 bits per heavy atom. The van der Waals surface area contributed by atoms with Crippen LogP contribution in [-0.4, -0.2) is 70.8 Å². The Balaban J connectivity index is 2.38. The smallest absolute Gasteiger partial charge is 0.410 e. The van der Waals surface area contributed by atoms with Crippen LogP contribution in [0.2, 0.25) is 0 Å². The summed E-state index contributed by atoms with van der Waals surface area (Å²) in [5, 5.41) is 26.2. The summed E-state index contributed by atoms with van der Waals surface area (Å²) in [5.41, 5.74) is 0.662. The molecule has 2 aromatic carbocycles. The number of rotatable bonds is 9. The third-order valence-corrected chi connectivity index (χ3v) is 7.32. The number of carbonyl (C=O) groups excluding carboxylic acids is 4.